The number of hydrogen-bond donors (Lipinski definition) is 1. The normalized spacial score (nSPS) is 21.5. The highest BCUT2D eigenvalue weighted by Gasteiger charge is 2.27. The fourth-order valence-corrected chi connectivity index (χ4v) is 2.26. The van der Waals surface area contributed by atoms with Crippen molar-refractivity contribution >= 4 is 5.97 Å². The molecule has 1 saturated heterocycles. The summed E-state index contributed by atoms with van der Waals surface area (Å²) >= 11 is 0. The number of rotatable bonds is 5. The fraction of sp³-hybridized carbons (Fsp3) is 0.909. The number of hydrogen-bond acceptors (Lipinski definition) is 3. The highest BCUT2D eigenvalue weighted by molar-refractivity contribution is 5.73. The van der Waals surface area contributed by atoms with E-state index in [-0.39, 0.29) is 6.04 Å². The number of ether oxygens (including phenoxy) is 1. The smallest absolute Gasteiger partial charge is 0.320 e. The molecule has 1 aliphatic heterocycles. The van der Waals surface area contributed by atoms with Crippen LogP contribution in [-0.4, -0.2) is 48.8 Å². The van der Waals surface area contributed by atoms with Gasteiger partial charge in [-0.05, 0) is 38.3 Å². The van der Waals surface area contributed by atoms with E-state index in [1.54, 1.807) is 7.11 Å². The monoisotopic (exact) mass is 215 g/mol. The second-order valence-electron chi connectivity index (χ2n) is 4.20. The molecule has 1 rings (SSSR count). The van der Waals surface area contributed by atoms with E-state index in [0.29, 0.717) is 12.3 Å². The summed E-state index contributed by atoms with van der Waals surface area (Å²) in [5.74, 6) is -0.0831. The van der Waals surface area contributed by atoms with Gasteiger partial charge in [0.05, 0.1) is 0 Å². The van der Waals surface area contributed by atoms with Crippen LogP contribution in [0.2, 0.25) is 0 Å². The van der Waals surface area contributed by atoms with Gasteiger partial charge in [-0.2, -0.15) is 0 Å². The molecule has 0 aromatic rings. The number of carboxylic acids is 1. The van der Waals surface area contributed by atoms with Crippen LogP contribution in [0.3, 0.4) is 0 Å². The minimum absolute atomic E-state index is 0.298. The van der Waals surface area contributed by atoms with Gasteiger partial charge >= 0.3 is 5.97 Å². The lowest BCUT2D eigenvalue weighted by Crippen LogP contribution is -2.45. The second-order valence-corrected chi connectivity index (χ2v) is 4.20. The molecular formula is C11H21NO3. The van der Waals surface area contributed by atoms with Crippen molar-refractivity contribution in [3.63, 3.8) is 0 Å². The predicted molar refractivity (Wildman–Crippen MR) is 57.9 cm³/mol. The predicted octanol–water partition coefficient (Wildman–Crippen LogP) is 1.21. The van der Waals surface area contributed by atoms with Crippen LogP contribution in [0.4, 0.5) is 0 Å². The van der Waals surface area contributed by atoms with E-state index in [1.807, 2.05) is 6.92 Å². The number of carbonyl (C=O) groups is 1. The topological polar surface area (TPSA) is 49.8 Å². The molecule has 4 nitrogen and oxygen atoms in total. The van der Waals surface area contributed by atoms with Gasteiger partial charge in [0.1, 0.15) is 6.04 Å². The van der Waals surface area contributed by atoms with Gasteiger partial charge in [0.25, 0.3) is 0 Å². The molecule has 0 amide bonds. The molecule has 1 fully saturated rings. The molecular weight excluding hydrogens is 194 g/mol. The van der Waals surface area contributed by atoms with Gasteiger partial charge < -0.3 is 9.84 Å². The molecule has 1 aliphatic rings. The standard InChI is InChI=1S/C11H21NO3/c1-3-10(11(13)14)12-6-4-9(5-7-12)8-15-2/h9-10H,3-8H2,1-2H3,(H,13,14). The first-order valence-electron chi connectivity index (χ1n) is 5.64. The van der Waals surface area contributed by atoms with Gasteiger partial charge in [-0.25, -0.2) is 0 Å². The highest BCUT2D eigenvalue weighted by atomic mass is 16.5. The van der Waals surface area contributed by atoms with Crippen molar-refractivity contribution < 1.29 is 14.6 Å². The SMILES string of the molecule is CCC(C(=O)O)N1CCC(COC)CC1. The number of methoxy groups -OCH3 is 1. The molecule has 0 aromatic carbocycles. The molecule has 0 saturated carbocycles. The third-order valence-electron chi connectivity index (χ3n) is 3.16. The van der Waals surface area contributed by atoms with Crippen LogP contribution in [0.25, 0.3) is 0 Å². The first-order valence-corrected chi connectivity index (χ1v) is 5.64. The molecule has 1 unspecified atom stereocenters. The molecule has 0 aliphatic carbocycles. The molecule has 15 heavy (non-hydrogen) atoms. The van der Waals surface area contributed by atoms with E-state index in [1.165, 1.54) is 0 Å². The Bertz CT molecular complexity index is 200. The second kappa shape index (κ2) is 6.08. The van der Waals surface area contributed by atoms with Crippen LogP contribution in [0, 0.1) is 5.92 Å². The van der Waals surface area contributed by atoms with E-state index < -0.39 is 5.97 Å². The Morgan fingerprint density at radius 3 is 2.53 bits per heavy atom. The van der Waals surface area contributed by atoms with Crippen molar-refractivity contribution in [2.45, 2.75) is 32.2 Å². The summed E-state index contributed by atoms with van der Waals surface area (Å²) in [4.78, 5) is 13.0. The first kappa shape index (κ1) is 12.5. The van der Waals surface area contributed by atoms with E-state index in [2.05, 4.69) is 4.90 Å². The van der Waals surface area contributed by atoms with Gasteiger partial charge in [-0.1, -0.05) is 6.92 Å². The van der Waals surface area contributed by atoms with Crippen molar-refractivity contribution in [2.75, 3.05) is 26.8 Å². The zero-order valence-corrected chi connectivity index (χ0v) is 9.61. The van der Waals surface area contributed by atoms with E-state index in [0.717, 1.165) is 32.5 Å². The summed E-state index contributed by atoms with van der Waals surface area (Å²) < 4.78 is 5.12. The van der Waals surface area contributed by atoms with Crippen LogP contribution in [0.5, 0.6) is 0 Å². The van der Waals surface area contributed by atoms with Gasteiger partial charge in [0.2, 0.25) is 0 Å². The van der Waals surface area contributed by atoms with Crippen LogP contribution in [0.15, 0.2) is 0 Å². The fourth-order valence-electron chi connectivity index (χ4n) is 2.26. The molecule has 0 aromatic heterocycles. The Morgan fingerprint density at radius 2 is 2.13 bits per heavy atom. The average Bonchev–Trinajstić information content (AvgIpc) is 2.21. The highest BCUT2D eigenvalue weighted by Crippen LogP contribution is 2.20. The quantitative estimate of drug-likeness (QED) is 0.749. The lowest BCUT2D eigenvalue weighted by atomic mass is 9.96. The Labute approximate surface area is 91.2 Å². The van der Waals surface area contributed by atoms with Crippen molar-refractivity contribution in [2.24, 2.45) is 5.92 Å². The molecule has 1 heterocycles. The number of piperidine rings is 1. The molecule has 1 atom stereocenters. The summed E-state index contributed by atoms with van der Waals surface area (Å²) in [6.07, 6.45) is 2.79. The largest absolute Gasteiger partial charge is 0.480 e. The number of carboxylic acid groups (broad SMARTS) is 1. The van der Waals surface area contributed by atoms with Crippen LogP contribution >= 0.6 is 0 Å². The van der Waals surface area contributed by atoms with Crippen LogP contribution in [-0.2, 0) is 9.53 Å². The Kier molecular flexibility index (Phi) is 5.05. The molecule has 0 spiro atoms. The summed E-state index contributed by atoms with van der Waals surface area (Å²) in [5.41, 5.74) is 0. The van der Waals surface area contributed by atoms with E-state index in [9.17, 15) is 4.79 Å². The lowest BCUT2D eigenvalue weighted by Gasteiger charge is -2.35. The summed E-state index contributed by atoms with van der Waals surface area (Å²) in [6.45, 7) is 4.51. The van der Waals surface area contributed by atoms with E-state index in [4.69, 9.17) is 9.84 Å². The van der Waals surface area contributed by atoms with Gasteiger partial charge in [0, 0.05) is 13.7 Å². The maximum absolute atomic E-state index is 11.0. The Hall–Kier alpha value is -0.610. The van der Waals surface area contributed by atoms with Gasteiger partial charge in [-0.15, -0.1) is 0 Å². The average molecular weight is 215 g/mol. The van der Waals surface area contributed by atoms with Crippen molar-refractivity contribution in [3.05, 3.63) is 0 Å². The minimum atomic E-state index is -0.692. The van der Waals surface area contributed by atoms with Crippen LogP contribution in [0.1, 0.15) is 26.2 Å². The van der Waals surface area contributed by atoms with Gasteiger partial charge in [-0.3, -0.25) is 9.69 Å². The molecule has 4 heteroatoms. The number of nitrogens with zero attached hydrogens (tertiary/aromatic N) is 1. The maximum atomic E-state index is 11.0. The van der Waals surface area contributed by atoms with Gasteiger partial charge in [0.15, 0.2) is 0 Å². The number of likely N-dealkylation sites (tertiary alicyclic amines) is 1. The maximum Gasteiger partial charge on any atom is 0.320 e. The molecule has 0 radical (unpaired) electrons. The summed E-state index contributed by atoms with van der Waals surface area (Å²) in [7, 11) is 1.72. The molecule has 0 bridgehead atoms. The lowest BCUT2D eigenvalue weighted by molar-refractivity contribution is -0.144. The van der Waals surface area contributed by atoms with E-state index >= 15 is 0 Å². The van der Waals surface area contributed by atoms with Crippen molar-refractivity contribution in [1.82, 2.24) is 4.90 Å². The number of aliphatic carboxylic acids is 1. The third kappa shape index (κ3) is 3.47. The zero-order valence-electron chi connectivity index (χ0n) is 9.61. The summed E-state index contributed by atoms with van der Waals surface area (Å²) in [5, 5.41) is 9.03. The Balaban J connectivity index is 2.38. The summed E-state index contributed by atoms with van der Waals surface area (Å²) in [6, 6.07) is -0.298. The Morgan fingerprint density at radius 1 is 1.53 bits per heavy atom. The zero-order chi connectivity index (χ0) is 11.3. The van der Waals surface area contributed by atoms with Crippen molar-refractivity contribution in [1.29, 1.82) is 0 Å². The molecule has 1 N–H and O–H groups in total. The van der Waals surface area contributed by atoms with Crippen LogP contribution < -0.4 is 0 Å². The molecule has 88 valence electrons. The minimum Gasteiger partial charge on any atom is -0.480 e. The van der Waals surface area contributed by atoms with Crippen molar-refractivity contribution in [3.8, 4) is 0 Å². The first-order chi connectivity index (χ1) is 7.19. The third-order valence-corrected chi connectivity index (χ3v) is 3.16.